The summed E-state index contributed by atoms with van der Waals surface area (Å²) in [5.41, 5.74) is 1.82. The third kappa shape index (κ3) is 2.69. The van der Waals surface area contributed by atoms with Crippen LogP contribution in [0.3, 0.4) is 0 Å². The second-order valence-corrected chi connectivity index (χ2v) is 3.66. The molecule has 0 heterocycles. The number of benzene rings is 2. The van der Waals surface area contributed by atoms with Crippen molar-refractivity contribution in [2.24, 2.45) is 4.99 Å². The lowest BCUT2D eigenvalue weighted by Gasteiger charge is -2.07. The lowest BCUT2D eigenvalue weighted by Crippen LogP contribution is -1.85. The highest BCUT2D eigenvalue weighted by molar-refractivity contribution is 5.54. The first-order valence-electron chi connectivity index (χ1n) is 5.20. The molecule has 86 valence electrons. The van der Waals surface area contributed by atoms with E-state index in [0.29, 0.717) is 11.5 Å². The average Bonchev–Trinajstić information content (AvgIpc) is 2.34. The van der Waals surface area contributed by atoms with Gasteiger partial charge in [-0.05, 0) is 49.5 Å². The molecule has 2 aromatic rings. The monoisotopic (exact) mass is 229 g/mol. The Morgan fingerprint density at radius 1 is 1.06 bits per heavy atom. The van der Waals surface area contributed by atoms with Gasteiger partial charge in [-0.2, -0.15) is 0 Å². The van der Waals surface area contributed by atoms with Crippen molar-refractivity contribution in [3.63, 3.8) is 0 Å². The van der Waals surface area contributed by atoms with Crippen molar-refractivity contribution >= 4 is 12.4 Å². The predicted octanol–water partition coefficient (Wildman–Crippen LogP) is 4.26. The van der Waals surface area contributed by atoms with Crippen molar-refractivity contribution in [1.29, 1.82) is 0 Å². The molecule has 0 saturated carbocycles. The normalized spacial score (nSPS) is 10.0. The number of aryl methyl sites for hydroxylation is 1. The van der Waals surface area contributed by atoms with Crippen molar-refractivity contribution in [1.82, 2.24) is 0 Å². The van der Waals surface area contributed by atoms with E-state index in [4.69, 9.17) is 4.74 Å². The third-order valence-corrected chi connectivity index (χ3v) is 2.40. The van der Waals surface area contributed by atoms with Crippen LogP contribution in [0.1, 0.15) is 5.56 Å². The molecule has 0 saturated heterocycles. The Hall–Kier alpha value is -2.16. The summed E-state index contributed by atoms with van der Waals surface area (Å²) in [5.74, 6) is 0.963. The second kappa shape index (κ2) is 4.78. The van der Waals surface area contributed by atoms with Gasteiger partial charge in [0, 0.05) is 6.07 Å². The van der Waals surface area contributed by atoms with Crippen LogP contribution in [-0.2, 0) is 0 Å². The van der Waals surface area contributed by atoms with Gasteiger partial charge in [-0.25, -0.2) is 4.39 Å². The van der Waals surface area contributed by atoms with Gasteiger partial charge in [0.25, 0.3) is 0 Å². The van der Waals surface area contributed by atoms with Crippen molar-refractivity contribution in [3.8, 4) is 11.5 Å². The number of nitrogens with zero attached hydrogens (tertiary/aromatic N) is 1. The van der Waals surface area contributed by atoms with E-state index in [0.717, 1.165) is 11.3 Å². The van der Waals surface area contributed by atoms with Crippen LogP contribution >= 0.6 is 0 Å². The van der Waals surface area contributed by atoms with E-state index in [-0.39, 0.29) is 5.82 Å². The molecule has 0 aliphatic heterocycles. The summed E-state index contributed by atoms with van der Waals surface area (Å²) in [7, 11) is 0. The maximum absolute atomic E-state index is 12.7. The number of hydrogen-bond acceptors (Lipinski definition) is 2. The summed E-state index contributed by atoms with van der Waals surface area (Å²) >= 11 is 0. The van der Waals surface area contributed by atoms with E-state index in [1.165, 1.54) is 12.1 Å². The van der Waals surface area contributed by atoms with Gasteiger partial charge in [-0.15, -0.1) is 0 Å². The minimum atomic E-state index is -0.283. The quantitative estimate of drug-likeness (QED) is 0.720. The van der Waals surface area contributed by atoms with Gasteiger partial charge in [-0.3, -0.25) is 4.99 Å². The Morgan fingerprint density at radius 3 is 2.35 bits per heavy atom. The molecule has 0 spiro atoms. The first kappa shape index (κ1) is 11.3. The minimum Gasteiger partial charge on any atom is -0.457 e. The number of ether oxygens (including phenoxy) is 1. The second-order valence-electron chi connectivity index (χ2n) is 3.66. The third-order valence-electron chi connectivity index (χ3n) is 2.40. The molecule has 0 bridgehead atoms. The number of halogens is 1. The topological polar surface area (TPSA) is 21.6 Å². The molecule has 2 aromatic carbocycles. The van der Waals surface area contributed by atoms with Gasteiger partial charge in [-0.1, -0.05) is 6.07 Å². The van der Waals surface area contributed by atoms with Crippen LogP contribution in [0.2, 0.25) is 0 Å². The van der Waals surface area contributed by atoms with E-state index in [2.05, 4.69) is 11.7 Å². The summed E-state index contributed by atoms with van der Waals surface area (Å²) in [4.78, 5) is 3.90. The fourth-order valence-corrected chi connectivity index (χ4v) is 1.46. The maximum atomic E-state index is 12.7. The summed E-state index contributed by atoms with van der Waals surface area (Å²) in [6.45, 7) is 5.45. The molecule has 2 rings (SSSR count). The summed E-state index contributed by atoms with van der Waals surface area (Å²) < 4.78 is 18.3. The first-order chi connectivity index (χ1) is 8.19. The van der Waals surface area contributed by atoms with Crippen molar-refractivity contribution in [2.75, 3.05) is 0 Å². The zero-order valence-corrected chi connectivity index (χ0v) is 9.48. The van der Waals surface area contributed by atoms with Crippen LogP contribution in [0.5, 0.6) is 11.5 Å². The number of aliphatic imine (C=N–C) groups is 1. The van der Waals surface area contributed by atoms with E-state index >= 15 is 0 Å². The largest absolute Gasteiger partial charge is 0.457 e. The van der Waals surface area contributed by atoms with Gasteiger partial charge < -0.3 is 4.74 Å². The number of hydrogen-bond donors (Lipinski definition) is 0. The highest BCUT2D eigenvalue weighted by atomic mass is 19.1. The maximum Gasteiger partial charge on any atom is 0.129 e. The molecular weight excluding hydrogens is 217 g/mol. The molecule has 3 heteroatoms. The highest BCUT2D eigenvalue weighted by Gasteiger charge is 2.01. The molecule has 2 nitrogen and oxygen atoms in total. The molecule has 0 N–H and O–H groups in total. The zero-order chi connectivity index (χ0) is 12.3. The summed E-state index contributed by atoms with van der Waals surface area (Å²) in [5, 5.41) is 0. The SMILES string of the molecule is C=Nc1cc(Oc2ccc(F)cc2)ccc1C. The van der Waals surface area contributed by atoms with Crippen LogP contribution in [-0.4, -0.2) is 6.72 Å². The van der Waals surface area contributed by atoms with Crippen LogP contribution in [0.4, 0.5) is 10.1 Å². The van der Waals surface area contributed by atoms with E-state index in [9.17, 15) is 4.39 Å². The minimum absolute atomic E-state index is 0.283. The van der Waals surface area contributed by atoms with Crippen molar-refractivity contribution in [2.45, 2.75) is 6.92 Å². The Bertz CT molecular complexity index is 534. The Balaban J connectivity index is 2.24. The summed E-state index contributed by atoms with van der Waals surface area (Å²) in [6.07, 6.45) is 0. The van der Waals surface area contributed by atoms with Crippen LogP contribution < -0.4 is 4.74 Å². The van der Waals surface area contributed by atoms with Gasteiger partial charge in [0.15, 0.2) is 0 Å². The smallest absolute Gasteiger partial charge is 0.129 e. The van der Waals surface area contributed by atoms with Crippen LogP contribution in [0.15, 0.2) is 47.5 Å². The van der Waals surface area contributed by atoms with Gasteiger partial charge in [0.1, 0.15) is 17.3 Å². The van der Waals surface area contributed by atoms with Crippen molar-refractivity contribution in [3.05, 3.63) is 53.8 Å². The van der Waals surface area contributed by atoms with E-state index in [1.807, 2.05) is 19.1 Å². The highest BCUT2D eigenvalue weighted by Crippen LogP contribution is 2.27. The Labute approximate surface area is 99.4 Å². The van der Waals surface area contributed by atoms with E-state index in [1.54, 1.807) is 18.2 Å². The molecule has 0 atom stereocenters. The molecule has 0 aromatic heterocycles. The summed E-state index contributed by atoms with van der Waals surface area (Å²) in [6, 6.07) is 11.4. The van der Waals surface area contributed by atoms with Crippen LogP contribution in [0, 0.1) is 12.7 Å². The Morgan fingerprint density at radius 2 is 1.71 bits per heavy atom. The first-order valence-corrected chi connectivity index (χ1v) is 5.20. The Kier molecular flexibility index (Phi) is 3.19. The van der Waals surface area contributed by atoms with Gasteiger partial charge in [0.05, 0.1) is 5.69 Å². The lowest BCUT2D eigenvalue weighted by molar-refractivity contribution is 0.480. The molecule has 0 aliphatic carbocycles. The van der Waals surface area contributed by atoms with Gasteiger partial charge in [0.2, 0.25) is 0 Å². The molecule has 0 radical (unpaired) electrons. The average molecular weight is 229 g/mol. The molecular formula is C14H12FNO. The number of rotatable bonds is 3. The van der Waals surface area contributed by atoms with E-state index < -0.39 is 0 Å². The van der Waals surface area contributed by atoms with Crippen molar-refractivity contribution < 1.29 is 9.13 Å². The standard InChI is InChI=1S/C14H12FNO/c1-10-3-6-13(9-14(10)16-2)17-12-7-4-11(15)5-8-12/h3-9H,2H2,1H3. The predicted molar refractivity (Wildman–Crippen MR) is 66.9 cm³/mol. The lowest BCUT2D eigenvalue weighted by atomic mass is 10.2. The van der Waals surface area contributed by atoms with Crippen LogP contribution in [0.25, 0.3) is 0 Å². The fourth-order valence-electron chi connectivity index (χ4n) is 1.46. The molecule has 0 unspecified atom stereocenters. The molecule has 0 fully saturated rings. The molecule has 17 heavy (non-hydrogen) atoms. The molecule has 0 aliphatic rings. The zero-order valence-electron chi connectivity index (χ0n) is 9.48. The van der Waals surface area contributed by atoms with Gasteiger partial charge >= 0.3 is 0 Å². The molecule has 0 amide bonds. The fraction of sp³-hybridized carbons (Fsp3) is 0.0714.